The second-order valence-corrected chi connectivity index (χ2v) is 7.26. The summed E-state index contributed by atoms with van der Waals surface area (Å²) in [5.41, 5.74) is 0. The van der Waals surface area contributed by atoms with Gasteiger partial charge < -0.3 is 5.32 Å². The van der Waals surface area contributed by atoms with Crippen LogP contribution in [0.25, 0.3) is 0 Å². The lowest BCUT2D eigenvalue weighted by molar-refractivity contribution is -0.129. The number of alkyl halides is 2. The molecule has 2 aliphatic heterocycles. The number of amides is 1. The highest BCUT2D eigenvalue weighted by molar-refractivity contribution is 5.82. The average molecular weight is 331 g/mol. The number of hydrogen-bond acceptors (Lipinski definition) is 3. The third-order valence-electron chi connectivity index (χ3n) is 5.01. The lowest BCUT2D eigenvalue weighted by atomic mass is 9.97. The molecule has 134 valence electrons. The number of nitrogens with one attached hydrogen (secondary N) is 1. The molecule has 0 aromatic heterocycles. The van der Waals surface area contributed by atoms with Crippen LogP contribution >= 0.6 is 0 Å². The first-order valence-electron chi connectivity index (χ1n) is 9.02. The van der Waals surface area contributed by atoms with Gasteiger partial charge in [-0.05, 0) is 44.7 Å². The summed E-state index contributed by atoms with van der Waals surface area (Å²) in [6.07, 6.45) is 2.86. The van der Waals surface area contributed by atoms with E-state index >= 15 is 0 Å². The molecule has 0 radical (unpaired) electrons. The largest absolute Gasteiger partial charge is 0.352 e. The molecule has 2 heterocycles. The number of likely N-dealkylation sites (tertiary alicyclic amines) is 2. The van der Waals surface area contributed by atoms with Gasteiger partial charge in [0.05, 0.1) is 12.6 Å². The molecule has 0 saturated carbocycles. The summed E-state index contributed by atoms with van der Waals surface area (Å²) >= 11 is 0. The van der Waals surface area contributed by atoms with Crippen molar-refractivity contribution < 1.29 is 13.6 Å². The zero-order valence-electron chi connectivity index (χ0n) is 14.4. The van der Waals surface area contributed by atoms with Crippen LogP contribution in [0, 0.1) is 5.92 Å². The minimum atomic E-state index is -2.27. The van der Waals surface area contributed by atoms with Gasteiger partial charge in [0.15, 0.2) is 0 Å². The first-order chi connectivity index (χ1) is 11.0. The number of rotatable bonds is 6. The summed E-state index contributed by atoms with van der Waals surface area (Å²) in [6, 6.07) is 0.0665. The Bertz CT molecular complexity index is 365. The highest BCUT2D eigenvalue weighted by Gasteiger charge is 2.32. The summed E-state index contributed by atoms with van der Waals surface area (Å²) in [6.45, 7) is 7.35. The maximum absolute atomic E-state index is 12.7. The first kappa shape index (κ1) is 18.6. The molecule has 1 unspecified atom stereocenters. The molecule has 0 spiro atoms. The highest BCUT2D eigenvalue weighted by atomic mass is 19.3. The Morgan fingerprint density at radius 1 is 1.09 bits per heavy atom. The van der Waals surface area contributed by atoms with Crippen molar-refractivity contribution in [1.29, 1.82) is 0 Å². The Hall–Kier alpha value is -0.750. The van der Waals surface area contributed by atoms with E-state index in [4.69, 9.17) is 0 Å². The Kier molecular flexibility index (Phi) is 7.21. The Labute approximate surface area is 138 Å². The molecule has 1 atom stereocenters. The van der Waals surface area contributed by atoms with Crippen LogP contribution in [-0.4, -0.2) is 66.9 Å². The number of piperidine rings is 2. The molecule has 0 aromatic carbocycles. The fraction of sp³-hybridized carbons (Fsp3) is 0.941. The monoisotopic (exact) mass is 331 g/mol. The van der Waals surface area contributed by atoms with E-state index in [0.717, 1.165) is 25.9 Å². The highest BCUT2D eigenvalue weighted by Crippen LogP contribution is 2.19. The van der Waals surface area contributed by atoms with E-state index in [9.17, 15) is 13.6 Å². The molecule has 1 amide bonds. The molecule has 2 aliphatic rings. The third-order valence-corrected chi connectivity index (χ3v) is 5.01. The fourth-order valence-electron chi connectivity index (χ4n) is 3.83. The minimum Gasteiger partial charge on any atom is -0.352 e. The van der Waals surface area contributed by atoms with Crippen LogP contribution in [0.1, 0.15) is 46.0 Å². The predicted octanol–water partition coefficient (Wildman–Crippen LogP) is 2.34. The van der Waals surface area contributed by atoms with Crippen molar-refractivity contribution in [3.8, 4) is 0 Å². The van der Waals surface area contributed by atoms with Gasteiger partial charge >= 0.3 is 0 Å². The predicted molar refractivity (Wildman–Crippen MR) is 87.7 cm³/mol. The Balaban J connectivity index is 1.82. The number of carbonyl (C=O) groups excluding carboxylic acids is 1. The first-order valence-corrected chi connectivity index (χ1v) is 9.02. The van der Waals surface area contributed by atoms with Crippen molar-refractivity contribution in [3.05, 3.63) is 0 Å². The molecule has 6 heteroatoms. The molecule has 4 nitrogen and oxygen atoms in total. The normalized spacial score (nSPS) is 23.4. The summed E-state index contributed by atoms with van der Waals surface area (Å²) in [4.78, 5) is 16.8. The van der Waals surface area contributed by atoms with Crippen LogP contribution in [0.4, 0.5) is 8.78 Å². The van der Waals surface area contributed by atoms with Gasteiger partial charge in [0.1, 0.15) is 0 Å². The van der Waals surface area contributed by atoms with Crippen LogP contribution in [-0.2, 0) is 4.79 Å². The van der Waals surface area contributed by atoms with Crippen LogP contribution in [0.15, 0.2) is 0 Å². The Morgan fingerprint density at radius 2 is 1.70 bits per heavy atom. The van der Waals surface area contributed by atoms with Gasteiger partial charge in [0.2, 0.25) is 5.91 Å². The third kappa shape index (κ3) is 5.68. The minimum absolute atomic E-state index is 0.0607. The van der Waals surface area contributed by atoms with Crippen LogP contribution in [0.2, 0.25) is 0 Å². The molecule has 2 fully saturated rings. The molecular weight excluding hydrogens is 300 g/mol. The zero-order chi connectivity index (χ0) is 16.8. The molecule has 0 bridgehead atoms. The zero-order valence-corrected chi connectivity index (χ0v) is 14.4. The van der Waals surface area contributed by atoms with Crippen LogP contribution in [0.3, 0.4) is 0 Å². The summed E-state index contributed by atoms with van der Waals surface area (Å²) in [7, 11) is 0. The van der Waals surface area contributed by atoms with Gasteiger partial charge in [-0.2, -0.15) is 0 Å². The van der Waals surface area contributed by atoms with Crippen molar-refractivity contribution in [2.45, 2.75) is 64.5 Å². The van der Waals surface area contributed by atoms with Crippen LogP contribution in [0.5, 0.6) is 0 Å². The van der Waals surface area contributed by atoms with E-state index in [1.54, 1.807) is 4.90 Å². The smallest absolute Gasteiger partial charge is 0.251 e. The van der Waals surface area contributed by atoms with Crippen molar-refractivity contribution in [1.82, 2.24) is 15.1 Å². The fourth-order valence-corrected chi connectivity index (χ4v) is 3.83. The molecule has 1 N–H and O–H groups in total. The molecule has 2 saturated heterocycles. The number of nitrogens with zero attached hydrogens (tertiary/aromatic N) is 2. The van der Waals surface area contributed by atoms with E-state index in [0.29, 0.717) is 13.1 Å². The molecule has 0 aromatic rings. The van der Waals surface area contributed by atoms with Gasteiger partial charge in [-0.25, -0.2) is 8.78 Å². The van der Waals surface area contributed by atoms with E-state index in [-0.39, 0.29) is 30.5 Å². The topological polar surface area (TPSA) is 35.6 Å². The van der Waals surface area contributed by atoms with E-state index in [1.807, 2.05) is 0 Å². The molecule has 23 heavy (non-hydrogen) atoms. The van der Waals surface area contributed by atoms with Crippen molar-refractivity contribution >= 4 is 5.91 Å². The van der Waals surface area contributed by atoms with Gasteiger partial charge in [-0.1, -0.05) is 20.3 Å². The van der Waals surface area contributed by atoms with E-state index in [2.05, 4.69) is 24.1 Å². The number of carbonyl (C=O) groups is 1. The summed E-state index contributed by atoms with van der Waals surface area (Å²) in [5, 5.41) is 3.18. The average Bonchev–Trinajstić information content (AvgIpc) is 2.49. The quantitative estimate of drug-likeness (QED) is 0.811. The van der Waals surface area contributed by atoms with Crippen molar-refractivity contribution in [2.24, 2.45) is 5.92 Å². The SMILES string of the molecule is CC(C)C(C(=O)NC1CCN(CC(F)F)CC1)N1CCCCC1. The van der Waals surface area contributed by atoms with Gasteiger partial charge in [-0.15, -0.1) is 0 Å². The van der Waals surface area contributed by atoms with Crippen LogP contribution < -0.4 is 5.32 Å². The lowest BCUT2D eigenvalue weighted by Crippen LogP contribution is -2.55. The summed E-state index contributed by atoms with van der Waals surface area (Å²) in [5.74, 6) is 0.404. The molecule has 0 aliphatic carbocycles. The summed E-state index contributed by atoms with van der Waals surface area (Å²) < 4.78 is 24.8. The second kappa shape index (κ2) is 8.92. The standard InChI is InChI=1S/C17H31F2N3O/c1-13(2)16(22-8-4-3-5-9-22)17(23)20-14-6-10-21(11-7-14)12-15(18)19/h13-16H,3-12H2,1-2H3,(H,20,23). The Morgan fingerprint density at radius 3 is 2.22 bits per heavy atom. The van der Waals surface area contributed by atoms with E-state index < -0.39 is 6.43 Å². The maximum Gasteiger partial charge on any atom is 0.251 e. The number of halogens is 2. The van der Waals surface area contributed by atoms with Gasteiger partial charge in [0, 0.05) is 19.1 Å². The molecular formula is C17H31F2N3O. The van der Waals surface area contributed by atoms with Crippen molar-refractivity contribution in [3.63, 3.8) is 0 Å². The van der Waals surface area contributed by atoms with Crippen molar-refractivity contribution in [2.75, 3.05) is 32.7 Å². The number of hydrogen-bond donors (Lipinski definition) is 1. The van der Waals surface area contributed by atoms with Gasteiger partial charge in [0.25, 0.3) is 6.43 Å². The van der Waals surface area contributed by atoms with Gasteiger partial charge in [-0.3, -0.25) is 14.6 Å². The lowest BCUT2D eigenvalue weighted by Gasteiger charge is -2.38. The molecule has 2 rings (SSSR count). The maximum atomic E-state index is 12.7. The van der Waals surface area contributed by atoms with E-state index in [1.165, 1.54) is 19.3 Å². The second-order valence-electron chi connectivity index (χ2n) is 7.26.